The Labute approximate surface area is 194 Å². The molecule has 33 heavy (non-hydrogen) atoms. The molecule has 8 nitrogen and oxygen atoms in total. The maximum absolute atomic E-state index is 12.7. The maximum atomic E-state index is 12.7. The third kappa shape index (κ3) is 5.43. The maximum Gasteiger partial charge on any atom is 0.417 e. The number of nitrogens with one attached hydrogen (secondary N) is 1. The van der Waals surface area contributed by atoms with E-state index in [1.165, 1.54) is 24.3 Å². The van der Waals surface area contributed by atoms with Crippen LogP contribution >= 0.6 is 24.0 Å². The van der Waals surface area contributed by atoms with Crippen LogP contribution < -0.4 is 5.32 Å². The summed E-state index contributed by atoms with van der Waals surface area (Å²) in [6, 6.07) is 5.86. The number of amides is 2. The number of halogens is 3. The van der Waals surface area contributed by atoms with Crippen molar-refractivity contribution in [2.24, 2.45) is 0 Å². The van der Waals surface area contributed by atoms with E-state index in [9.17, 15) is 32.9 Å². The van der Waals surface area contributed by atoms with Crippen LogP contribution in [0.25, 0.3) is 6.08 Å². The number of nitro groups is 1. The van der Waals surface area contributed by atoms with Crippen LogP contribution in [0.1, 0.15) is 11.1 Å². The summed E-state index contributed by atoms with van der Waals surface area (Å²) in [5.41, 5.74) is -1.40. The molecule has 13 heteroatoms. The molecule has 3 rings (SSSR count). The van der Waals surface area contributed by atoms with Gasteiger partial charge in [0.25, 0.3) is 17.5 Å². The van der Waals surface area contributed by atoms with Gasteiger partial charge in [-0.25, -0.2) is 4.98 Å². The number of thiocarbonyl (C=S) groups is 1. The fourth-order valence-electron chi connectivity index (χ4n) is 2.73. The topological polar surface area (TPSA) is 105 Å². The number of nitrogens with zero attached hydrogens (tertiary/aromatic N) is 3. The van der Waals surface area contributed by atoms with Crippen molar-refractivity contribution in [3.05, 3.63) is 76.0 Å². The summed E-state index contributed by atoms with van der Waals surface area (Å²) in [5, 5.41) is 14.0. The van der Waals surface area contributed by atoms with Crippen LogP contribution in [0.3, 0.4) is 0 Å². The summed E-state index contributed by atoms with van der Waals surface area (Å²) in [7, 11) is 0. The number of carbonyl (C=O) groups excluding carboxylic acids is 2. The van der Waals surface area contributed by atoms with Crippen molar-refractivity contribution in [2.45, 2.75) is 16.1 Å². The highest BCUT2D eigenvalue weighted by Crippen LogP contribution is 2.36. The van der Waals surface area contributed by atoms with Gasteiger partial charge in [-0.2, -0.15) is 13.2 Å². The molecule has 0 spiro atoms. The van der Waals surface area contributed by atoms with Crippen LogP contribution in [0.4, 0.5) is 18.9 Å². The molecule has 0 unspecified atom stereocenters. The highest BCUT2D eigenvalue weighted by Gasteiger charge is 2.33. The van der Waals surface area contributed by atoms with E-state index >= 15 is 0 Å². The Hall–Kier alpha value is -3.58. The van der Waals surface area contributed by atoms with E-state index in [-0.39, 0.29) is 38.4 Å². The van der Waals surface area contributed by atoms with Crippen LogP contribution in [0.5, 0.6) is 0 Å². The van der Waals surface area contributed by atoms with Gasteiger partial charge in [0.15, 0.2) is 5.11 Å². The molecule has 1 aromatic carbocycles. The normalized spacial score (nSPS) is 15.5. The van der Waals surface area contributed by atoms with Gasteiger partial charge in [0.1, 0.15) is 10.6 Å². The van der Waals surface area contributed by atoms with Crippen molar-refractivity contribution in [3.63, 3.8) is 0 Å². The molecule has 2 amide bonds. The summed E-state index contributed by atoms with van der Waals surface area (Å²) >= 11 is 5.77. The van der Waals surface area contributed by atoms with Gasteiger partial charge in [-0.1, -0.05) is 23.9 Å². The van der Waals surface area contributed by atoms with Crippen molar-refractivity contribution in [2.75, 3.05) is 6.54 Å². The molecule has 2 heterocycles. The number of hydrogen-bond donors (Lipinski definition) is 1. The van der Waals surface area contributed by atoms with Crippen LogP contribution in [0.15, 0.2) is 64.7 Å². The van der Waals surface area contributed by atoms with Gasteiger partial charge in [0.2, 0.25) is 0 Å². The molecule has 0 saturated carbocycles. The van der Waals surface area contributed by atoms with Crippen LogP contribution in [-0.4, -0.2) is 38.3 Å². The molecule has 0 radical (unpaired) electrons. The first-order chi connectivity index (χ1) is 15.5. The zero-order valence-corrected chi connectivity index (χ0v) is 18.1. The van der Waals surface area contributed by atoms with E-state index in [2.05, 4.69) is 16.9 Å². The average Bonchev–Trinajstić information content (AvgIpc) is 2.74. The second-order valence-corrected chi connectivity index (χ2v) is 7.94. The summed E-state index contributed by atoms with van der Waals surface area (Å²) in [5.74, 6) is -1.43. The molecule has 0 aliphatic carbocycles. The fourth-order valence-corrected chi connectivity index (χ4v) is 3.82. The quantitative estimate of drug-likeness (QED) is 0.162. The number of benzene rings is 1. The molecule has 0 atom stereocenters. The molecule has 170 valence electrons. The van der Waals surface area contributed by atoms with Crippen molar-refractivity contribution in [1.82, 2.24) is 15.2 Å². The lowest BCUT2D eigenvalue weighted by Crippen LogP contribution is -2.53. The van der Waals surface area contributed by atoms with Crippen LogP contribution in [0, 0.1) is 10.1 Å². The third-order valence-corrected chi connectivity index (χ3v) is 5.60. The van der Waals surface area contributed by atoms with Gasteiger partial charge in [-0.15, -0.1) is 6.58 Å². The molecule has 1 N–H and O–H groups in total. The zero-order valence-electron chi connectivity index (χ0n) is 16.5. The van der Waals surface area contributed by atoms with E-state index in [4.69, 9.17) is 12.2 Å². The second-order valence-electron chi connectivity index (χ2n) is 6.49. The molecule has 1 aromatic heterocycles. The SMILES string of the molecule is C=CCN1C(=O)/C(=C/c2ccc(Sc3ccc(C(F)(F)F)cn3)c([N+](=O)[O-])c2)C(=O)NC1=S. The highest BCUT2D eigenvalue weighted by molar-refractivity contribution is 7.99. The minimum atomic E-state index is -4.55. The Morgan fingerprint density at radius 2 is 2.00 bits per heavy atom. The Morgan fingerprint density at radius 3 is 2.58 bits per heavy atom. The molecule has 2 aromatic rings. The Morgan fingerprint density at radius 1 is 1.27 bits per heavy atom. The van der Waals surface area contributed by atoms with E-state index < -0.39 is 28.5 Å². The fraction of sp³-hybridized carbons (Fsp3) is 0.100. The largest absolute Gasteiger partial charge is 0.417 e. The van der Waals surface area contributed by atoms with Gasteiger partial charge in [0, 0.05) is 18.8 Å². The Balaban J connectivity index is 1.92. The van der Waals surface area contributed by atoms with Crippen molar-refractivity contribution in [3.8, 4) is 0 Å². The predicted octanol–water partition coefficient (Wildman–Crippen LogP) is 3.97. The molecule has 1 aliphatic rings. The lowest BCUT2D eigenvalue weighted by molar-refractivity contribution is -0.387. The number of carbonyl (C=O) groups is 2. The monoisotopic (exact) mass is 494 g/mol. The minimum absolute atomic E-state index is 0.0607. The molecular weight excluding hydrogens is 481 g/mol. The van der Waals surface area contributed by atoms with Gasteiger partial charge < -0.3 is 0 Å². The minimum Gasteiger partial charge on any atom is -0.298 e. The van der Waals surface area contributed by atoms with Gasteiger partial charge >= 0.3 is 6.18 Å². The van der Waals surface area contributed by atoms with Gasteiger partial charge in [0.05, 0.1) is 15.4 Å². The van der Waals surface area contributed by atoms with Crippen molar-refractivity contribution >= 4 is 52.7 Å². The second kappa shape index (κ2) is 9.50. The summed E-state index contributed by atoms with van der Waals surface area (Å²) in [4.78, 5) is 40.6. The Kier molecular flexibility index (Phi) is 6.93. The number of pyridine rings is 1. The van der Waals surface area contributed by atoms with Crippen LogP contribution in [0.2, 0.25) is 0 Å². The smallest absolute Gasteiger partial charge is 0.298 e. The number of aromatic nitrogens is 1. The van der Waals surface area contributed by atoms with E-state index in [0.717, 1.165) is 34.9 Å². The summed E-state index contributed by atoms with van der Waals surface area (Å²) in [6.07, 6.45) is -1.30. The third-order valence-electron chi connectivity index (χ3n) is 4.27. The first-order valence-electron chi connectivity index (χ1n) is 9.00. The summed E-state index contributed by atoms with van der Waals surface area (Å²) in [6.45, 7) is 3.58. The van der Waals surface area contributed by atoms with E-state index in [0.29, 0.717) is 6.20 Å². The van der Waals surface area contributed by atoms with Gasteiger partial charge in [-0.3, -0.25) is 29.9 Å². The lowest BCUT2D eigenvalue weighted by atomic mass is 10.1. The molecular formula is C20H13F3N4O4S2. The molecule has 1 fully saturated rings. The van der Waals surface area contributed by atoms with E-state index in [1.807, 2.05) is 0 Å². The predicted molar refractivity (Wildman–Crippen MR) is 117 cm³/mol. The first kappa shape index (κ1) is 24.1. The van der Waals surface area contributed by atoms with Crippen LogP contribution in [-0.2, 0) is 15.8 Å². The molecule has 0 bridgehead atoms. The number of hydrogen-bond acceptors (Lipinski definition) is 7. The standard InChI is InChI=1S/C20H13F3N4O4S2/c1-2-7-26-18(29)13(17(28)25-19(26)32)8-11-3-5-15(14(9-11)27(30)31)33-16-6-4-12(10-24-16)20(21,22)23/h2-6,8-10H,1,7H2,(H,25,28,32)/b13-8+. The molecule has 1 saturated heterocycles. The van der Waals surface area contributed by atoms with Crippen molar-refractivity contribution in [1.29, 1.82) is 0 Å². The van der Waals surface area contributed by atoms with E-state index in [1.54, 1.807) is 0 Å². The van der Waals surface area contributed by atoms with Gasteiger partial charge in [-0.05, 0) is 42.1 Å². The number of nitro benzene ring substituents is 1. The lowest BCUT2D eigenvalue weighted by Gasteiger charge is -2.27. The Bertz CT molecular complexity index is 1200. The number of rotatable bonds is 6. The number of alkyl halides is 3. The summed E-state index contributed by atoms with van der Waals surface area (Å²) < 4.78 is 38.1. The molecule has 1 aliphatic heterocycles. The average molecular weight is 494 g/mol. The van der Waals surface area contributed by atoms with Crippen molar-refractivity contribution < 1.29 is 27.7 Å². The zero-order chi connectivity index (χ0) is 24.3. The first-order valence-corrected chi connectivity index (χ1v) is 10.2. The highest BCUT2D eigenvalue weighted by atomic mass is 32.2.